The largest absolute Gasteiger partial charge is 0.294 e. The third-order valence-corrected chi connectivity index (χ3v) is 2.70. The lowest BCUT2D eigenvalue weighted by Gasteiger charge is -2.06. The van der Waals surface area contributed by atoms with Gasteiger partial charge in [0, 0.05) is 17.5 Å². The Morgan fingerprint density at radius 3 is 2.78 bits per heavy atom. The Labute approximate surface area is 106 Å². The molecule has 0 spiro atoms. The number of aromatic nitrogens is 3. The number of ketones is 1. The van der Waals surface area contributed by atoms with Crippen molar-refractivity contribution in [2.75, 3.05) is 0 Å². The molecule has 2 rings (SSSR count). The standard InChI is InChI=1S/C14H15N3O/c1-3-13-12(8-10(2)16-17-13)14(18)9-11-6-4-5-7-15-11/h4-8H,3,9H2,1-2H3. The first-order chi connectivity index (χ1) is 8.70. The van der Waals surface area contributed by atoms with Crippen LogP contribution in [0.1, 0.15) is 34.4 Å². The van der Waals surface area contributed by atoms with Crippen LogP contribution in [0.3, 0.4) is 0 Å². The monoisotopic (exact) mass is 241 g/mol. The van der Waals surface area contributed by atoms with Crippen LogP contribution in [0.2, 0.25) is 0 Å². The van der Waals surface area contributed by atoms with Crippen LogP contribution in [0.25, 0.3) is 0 Å². The summed E-state index contributed by atoms with van der Waals surface area (Å²) in [6.07, 6.45) is 2.70. The van der Waals surface area contributed by atoms with Gasteiger partial charge in [0.25, 0.3) is 0 Å². The quantitative estimate of drug-likeness (QED) is 0.770. The van der Waals surface area contributed by atoms with E-state index in [1.807, 2.05) is 32.0 Å². The van der Waals surface area contributed by atoms with E-state index in [9.17, 15) is 4.79 Å². The molecule has 2 heterocycles. The zero-order valence-corrected chi connectivity index (χ0v) is 10.6. The van der Waals surface area contributed by atoms with Crippen molar-refractivity contribution in [2.45, 2.75) is 26.7 Å². The van der Waals surface area contributed by atoms with Crippen molar-refractivity contribution in [1.29, 1.82) is 0 Å². The van der Waals surface area contributed by atoms with Gasteiger partial charge in [0.05, 0.1) is 17.8 Å². The van der Waals surface area contributed by atoms with Crippen molar-refractivity contribution < 1.29 is 4.79 Å². The molecule has 0 atom stereocenters. The average molecular weight is 241 g/mol. The molecule has 2 aromatic rings. The van der Waals surface area contributed by atoms with Gasteiger partial charge in [-0.1, -0.05) is 13.0 Å². The molecular weight excluding hydrogens is 226 g/mol. The first-order valence-corrected chi connectivity index (χ1v) is 5.97. The fourth-order valence-electron chi connectivity index (χ4n) is 1.78. The van der Waals surface area contributed by atoms with E-state index in [2.05, 4.69) is 15.2 Å². The topological polar surface area (TPSA) is 55.7 Å². The zero-order chi connectivity index (χ0) is 13.0. The minimum atomic E-state index is 0.0450. The van der Waals surface area contributed by atoms with E-state index in [4.69, 9.17) is 0 Å². The number of rotatable bonds is 4. The van der Waals surface area contributed by atoms with E-state index in [1.54, 1.807) is 12.3 Å². The smallest absolute Gasteiger partial charge is 0.170 e. The number of carbonyl (C=O) groups excluding carboxylic acids is 1. The Balaban J connectivity index is 2.26. The molecule has 0 amide bonds. The Morgan fingerprint density at radius 1 is 1.28 bits per heavy atom. The lowest BCUT2D eigenvalue weighted by atomic mass is 10.0. The molecule has 4 heteroatoms. The van der Waals surface area contributed by atoms with Crippen LogP contribution in [-0.4, -0.2) is 21.0 Å². The Bertz CT molecular complexity index is 552. The Kier molecular flexibility index (Phi) is 3.77. The SMILES string of the molecule is CCc1nnc(C)cc1C(=O)Cc1ccccn1. The summed E-state index contributed by atoms with van der Waals surface area (Å²) in [6, 6.07) is 7.37. The predicted molar refractivity (Wildman–Crippen MR) is 68.4 cm³/mol. The molecule has 0 saturated carbocycles. The average Bonchev–Trinajstić information content (AvgIpc) is 2.40. The highest BCUT2D eigenvalue weighted by Gasteiger charge is 2.13. The van der Waals surface area contributed by atoms with Gasteiger partial charge in [-0.2, -0.15) is 10.2 Å². The van der Waals surface area contributed by atoms with Crippen LogP contribution in [0.5, 0.6) is 0 Å². The highest BCUT2D eigenvalue weighted by atomic mass is 16.1. The third-order valence-electron chi connectivity index (χ3n) is 2.70. The van der Waals surface area contributed by atoms with Gasteiger partial charge in [-0.3, -0.25) is 9.78 Å². The molecule has 0 unspecified atom stereocenters. The van der Waals surface area contributed by atoms with Crippen molar-refractivity contribution >= 4 is 5.78 Å². The summed E-state index contributed by atoms with van der Waals surface area (Å²) in [5.74, 6) is 0.0450. The van der Waals surface area contributed by atoms with Gasteiger partial charge in [0.15, 0.2) is 5.78 Å². The number of carbonyl (C=O) groups is 1. The second kappa shape index (κ2) is 5.49. The lowest BCUT2D eigenvalue weighted by molar-refractivity contribution is 0.0990. The number of nitrogens with zero attached hydrogens (tertiary/aromatic N) is 3. The first kappa shape index (κ1) is 12.4. The maximum atomic E-state index is 12.2. The third kappa shape index (κ3) is 2.77. The summed E-state index contributed by atoms with van der Waals surface area (Å²) in [6.45, 7) is 3.81. The van der Waals surface area contributed by atoms with Gasteiger partial charge in [0.1, 0.15) is 0 Å². The molecule has 0 aromatic carbocycles. The molecule has 0 radical (unpaired) electrons. The van der Waals surface area contributed by atoms with E-state index >= 15 is 0 Å². The minimum absolute atomic E-state index is 0.0450. The van der Waals surface area contributed by atoms with E-state index in [1.165, 1.54) is 0 Å². The van der Waals surface area contributed by atoms with Crippen molar-refractivity contribution in [3.63, 3.8) is 0 Å². The first-order valence-electron chi connectivity index (χ1n) is 5.97. The summed E-state index contributed by atoms with van der Waals surface area (Å²) >= 11 is 0. The molecule has 4 nitrogen and oxygen atoms in total. The van der Waals surface area contributed by atoms with Crippen LogP contribution in [0, 0.1) is 6.92 Å². The van der Waals surface area contributed by atoms with Crippen molar-refractivity contribution in [2.24, 2.45) is 0 Å². The van der Waals surface area contributed by atoms with Crippen LogP contribution in [0.4, 0.5) is 0 Å². The molecule has 92 valence electrons. The van der Waals surface area contributed by atoms with Crippen molar-refractivity contribution in [1.82, 2.24) is 15.2 Å². The maximum Gasteiger partial charge on any atom is 0.170 e. The van der Waals surface area contributed by atoms with Gasteiger partial charge in [0.2, 0.25) is 0 Å². The molecule has 0 N–H and O–H groups in total. The molecule has 0 aliphatic rings. The second-order valence-electron chi connectivity index (χ2n) is 4.12. The van der Waals surface area contributed by atoms with E-state index in [0.717, 1.165) is 17.1 Å². The number of pyridine rings is 1. The van der Waals surface area contributed by atoms with Gasteiger partial charge in [-0.25, -0.2) is 0 Å². The minimum Gasteiger partial charge on any atom is -0.294 e. The molecule has 0 bridgehead atoms. The summed E-state index contributed by atoms with van der Waals surface area (Å²) < 4.78 is 0. The molecule has 0 saturated heterocycles. The molecule has 0 aliphatic carbocycles. The summed E-state index contributed by atoms with van der Waals surface area (Å²) in [5, 5.41) is 8.05. The summed E-state index contributed by atoms with van der Waals surface area (Å²) in [7, 11) is 0. The van der Waals surface area contributed by atoms with Crippen LogP contribution in [-0.2, 0) is 12.8 Å². The second-order valence-corrected chi connectivity index (χ2v) is 4.12. The molecule has 0 aliphatic heterocycles. The lowest BCUT2D eigenvalue weighted by Crippen LogP contribution is -2.11. The van der Waals surface area contributed by atoms with Gasteiger partial charge in [-0.05, 0) is 31.5 Å². The predicted octanol–water partition coefficient (Wildman–Crippen LogP) is 2.17. The maximum absolute atomic E-state index is 12.2. The Hall–Kier alpha value is -2.10. The van der Waals surface area contributed by atoms with E-state index in [0.29, 0.717) is 18.4 Å². The molecular formula is C14H15N3O. The van der Waals surface area contributed by atoms with Crippen LogP contribution >= 0.6 is 0 Å². The zero-order valence-electron chi connectivity index (χ0n) is 10.6. The number of Topliss-reactive ketones (excluding diaryl/α,β-unsaturated/α-hetero) is 1. The normalized spacial score (nSPS) is 10.3. The van der Waals surface area contributed by atoms with Crippen LogP contribution in [0.15, 0.2) is 30.5 Å². The number of hydrogen-bond donors (Lipinski definition) is 0. The fourth-order valence-corrected chi connectivity index (χ4v) is 1.78. The molecule has 2 aromatic heterocycles. The van der Waals surface area contributed by atoms with Gasteiger partial charge < -0.3 is 0 Å². The summed E-state index contributed by atoms with van der Waals surface area (Å²) in [4.78, 5) is 16.4. The number of hydrogen-bond acceptors (Lipinski definition) is 4. The van der Waals surface area contributed by atoms with Crippen LogP contribution < -0.4 is 0 Å². The fraction of sp³-hybridized carbons (Fsp3) is 0.286. The number of aryl methyl sites for hydroxylation is 2. The van der Waals surface area contributed by atoms with Crippen molar-refractivity contribution in [3.05, 3.63) is 53.1 Å². The molecule has 0 fully saturated rings. The van der Waals surface area contributed by atoms with Gasteiger partial charge in [-0.15, -0.1) is 0 Å². The highest BCUT2D eigenvalue weighted by Crippen LogP contribution is 2.11. The van der Waals surface area contributed by atoms with Crippen molar-refractivity contribution in [3.8, 4) is 0 Å². The van der Waals surface area contributed by atoms with E-state index < -0.39 is 0 Å². The Morgan fingerprint density at radius 2 is 2.11 bits per heavy atom. The van der Waals surface area contributed by atoms with E-state index in [-0.39, 0.29) is 5.78 Å². The summed E-state index contributed by atoms with van der Waals surface area (Å²) in [5.41, 5.74) is 2.95. The van der Waals surface area contributed by atoms with Gasteiger partial charge >= 0.3 is 0 Å². The molecule has 18 heavy (non-hydrogen) atoms. The highest BCUT2D eigenvalue weighted by molar-refractivity contribution is 5.98.